The smallest absolute Gasteiger partial charge is 0.449 e. The van der Waals surface area contributed by atoms with E-state index in [1.807, 2.05) is 6.07 Å². The summed E-state index contributed by atoms with van der Waals surface area (Å²) in [5.74, 6) is 0.421. The van der Waals surface area contributed by atoms with Crippen LogP contribution in [0.5, 0.6) is 5.75 Å². The van der Waals surface area contributed by atoms with Crippen molar-refractivity contribution in [2.24, 2.45) is 4.99 Å². The average Bonchev–Trinajstić information content (AvgIpc) is 3.09. The Labute approximate surface area is 181 Å². The van der Waals surface area contributed by atoms with Crippen molar-refractivity contribution in [1.82, 2.24) is 9.97 Å². The molecule has 8 nitrogen and oxygen atoms in total. The summed E-state index contributed by atoms with van der Waals surface area (Å²) < 4.78 is 66.1. The maximum absolute atomic E-state index is 12.9. The van der Waals surface area contributed by atoms with E-state index < -0.39 is 20.8 Å². The minimum absolute atomic E-state index is 0.00801. The molecule has 2 aromatic heterocycles. The van der Waals surface area contributed by atoms with Crippen LogP contribution in [0.15, 0.2) is 39.6 Å². The summed E-state index contributed by atoms with van der Waals surface area (Å²) in [4.78, 5) is 12.5. The Morgan fingerprint density at radius 1 is 1.35 bits per heavy atom. The van der Waals surface area contributed by atoms with Crippen molar-refractivity contribution in [3.05, 3.63) is 30.4 Å². The fourth-order valence-corrected chi connectivity index (χ4v) is 4.30. The fraction of sp³-hybridized carbons (Fsp3) is 0.389. The highest BCUT2D eigenvalue weighted by Crippen LogP contribution is 2.36. The van der Waals surface area contributed by atoms with Crippen LogP contribution in [0.1, 0.15) is 26.5 Å². The van der Waals surface area contributed by atoms with Crippen molar-refractivity contribution >= 4 is 33.0 Å². The average molecular weight is 472 g/mol. The molecule has 13 heteroatoms. The number of thioether (sulfide) groups is 1. The SMILES string of the molecule is CC[S@](=N)(=O)c1cc(OC(C)(C)C#N)cnc1C1=Nc2cc(SC(F)(F)F)nc[n+]2C1. The van der Waals surface area contributed by atoms with Crippen molar-refractivity contribution in [1.29, 1.82) is 10.0 Å². The molecule has 0 saturated carbocycles. The third-order valence-electron chi connectivity index (χ3n) is 4.17. The Bertz CT molecular complexity index is 1200. The molecule has 0 saturated heterocycles. The molecule has 0 unspecified atom stereocenters. The van der Waals surface area contributed by atoms with Gasteiger partial charge in [-0.05, 0) is 13.8 Å². The van der Waals surface area contributed by atoms with E-state index in [-0.39, 0.29) is 51.2 Å². The Morgan fingerprint density at radius 3 is 2.68 bits per heavy atom. The maximum atomic E-state index is 12.9. The number of pyridine rings is 1. The van der Waals surface area contributed by atoms with Crippen LogP contribution in [-0.4, -0.2) is 36.8 Å². The molecule has 3 heterocycles. The van der Waals surface area contributed by atoms with E-state index >= 15 is 0 Å². The van der Waals surface area contributed by atoms with Crippen molar-refractivity contribution in [3.63, 3.8) is 0 Å². The molecule has 164 valence electrons. The van der Waals surface area contributed by atoms with E-state index in [9.17, 15) is 17.4 Å². The number of aromatic nitrogens is 3. The number of rotatable bonds is 6. The zero-order valence-electron chi connectivity index (χ0n) is 16.7. The number of hydrogen-bond donors (Lipinski definition) is 1. The van der Waals surface area contributed by atoms with Gasteiger partial charge in [0.2, 0.25) is 6.33 Å². The molecular weight excluding hydrogens is 453 g/mol. The van der Waals surface area contributed by atoms with Crippen LogP contribution in [-0.2, 0) is 16.3 Å². The van der Waals surface area contributed by atoms with Crippen LogP contribution in [0.25, 0.3) is 0 Å². The van der Waals surface area contributed by atoms with E-state index in [2.05, 4.69) is 15.0 Å². The van der Waals surface area contributed by atoms with Gasteiger partial charge < -0.3 is 4.74 Å². The van der Waals surface area contributed by atoms with Crippen molar-refractivity contribution < 1.29 is 26.7 Å². The van der Waals surface area contributed by atoms with Gasteiger partial charge in [-0.25, -0.2) is 18.5 Å². The number of nitriles is 1. The summed E-state index contributed by atoms with van der Waals surface area (Å²) in [5, 5.41) is 8.91. The number of hydrogen-bond acceptors (Lipinski definition) is 8. The lowest BCUT2D eigenvalue weighted by atomic mass is 10.2. The van der Waals surface area contributed by atoms with Gasteiger partial charge in [-0.2, -0.15) is 18.4 Å². The highest BCUT2D eigenvalue weighted by Gasteiger charge is 2.34. The molecule has 1 N–H and O–H groups in total. The number of alkyl halides is 3. The van der Waals surface area contributed by atoms with Gasteiger partial charge in [-0.15, -0.1) is 9.98 Å². The van der Waals surface area contributed by atoms with Gasteiger partial charge in [0, 0.05) is 23.6 Å². The summed E-state index contributed by atoms with van der Waals surface area (Å²) in [6.45, 7) is 4.84. The lowest BCUT2D eigenvalue weighted by Crippen LogP contribution is -2.34. The van der Waals surface area contributed by atoms with Crippen LogP contribution in [0.3, 0.4) is 0 Å². The quantitative estimate of drug-likeness (QED) is 0.391. The van der Waals surface area contributed by atoms with Crippen molar-refractivity contribution in [2.75, 3.05) is 5.75 Å². The first-order valence-corrected chi connectivity index (χ1v) is 11.5. The first-order valence-electron chi connectivity index (χ1n) is 8.93. The minimum Gasteiger partial charge on any atom is -0.471 e. The topological polar surface area (TPSA) is 116 Å². The van der Waals surface area contributed by atoms with E-state index in [1.165, 1.54) is 29.2 Å². The third-order valence-corrected chi connectivity index (χ3v) is 6.66. The summed E-state index contributed by atoms with van der Waals surface area (Å²) in [6.07, 6.45) is 2.58. The standard InChI is InChI=1S/C18H18F3N6O2S2/c1-4-31(23,28)13-5-11(29-17(2,3)9-22)7-24-16(13)12-8-27-10-25-15(6-14(27)26-12)30-18(19,20)21/h5-7,10,23H,4,8H2,1-3H3/q+1/t31-/m0/s1. The number of fused-ring (bicyclic) bond motifs is 1. The summed E-state index contributed by atoms with van der Waals surface area (Å²) in [6, 6.07) is 4.59. The highest BCUT2D eigenvalue weighted by atomic mass is 32.2. The molecule has 0 fully saturated rings. The molecular formula is C18H18F3N6O2S2+. The predicted octanol–water partition coefficient (Wildman–Crippen LogP) is 3.62. The van der Waals surface area contributed by atoms with Crippen molar-refractivity contribution in [2.45, 2.75) is 48.3 Å². The molecule has 31 heavy (non-hydrogen) atoms. The summed E-state index contributed by atoms with van der Waals surface area (Å²) in [5.41, 5.74) is -5.11. The Kier molecular flexibility index (Phi) is 5.98. The van der Waals surface area contributed by atoms with Crippen LogP contribution in [0.4, 0.5) is 19.0 Å². The molecule has 0 aliphatic carbocycles. The van der Waals surface area contributed by atoms with Gasteiger partial charge >= 0.3 is 5.51 Å². The van der Waals surface area contributed by atoms with E-state index in [0.29, 0.717) is 5.71 Å². The molecule has 3 rings (SSSR count). The normalized spacial score (nSPS) is 15.6. The molecule has 0 aromatic carbocycles. The van der Waals surface area contributed by atoms with E-state index in [4.69, 9.17) is 14.8 Å². The van der Waals surface area contributed by atoms with Gasteiger partial charge in [0.05, 0.1) is 26.9 Å². The van der Waals surface area contributed by atoms with Gasteiger partial charge in [0.25, 0.3) is 5.82 Å². The molecule has 1 atom stereocenters. The third kappa shape index (κ3) is 5.31. The highest BCUT2D eigenvalue weighted by molar-refractivity contribution is 8.00. The van der Waals surface area contributed by atoms with Gasteiger partial charge in [-0.3, -0.25) is 0 Å². The second-order valence-electron chi connectivity index (χ2n) is 7.03. The monoisotopic (exact) mass is 471 g/mol. The van der Waals surface area contributed by atoms with Crippen LogP contribution < -0.4 is 9.30 Å². The van der Waals surface area contributed by atoms with Crippen LogP contribution in [0, 0.1) is 16.1 Å². The Hall–Kier alpha value is -2.72. The zero-order chi connectivity index (χ0) is 23.0. The predicted molar refractivity (Wildman–Crippen MR) is 107 cm³/mol. The molecule has 1 aliphatic heterocycles. The lowest BCUT2D eigenvalue weighted by Gasteiger charge is -2.19. The summed E-state index contributed by atoms with van der Waals surface area (Å²) in [7, 11) is -3.25. The molecule has 0 bridgehead atoms. The van der Waals surface area contributed by atoms with E-state index in [0.717, 1.165) is 0 Å². The molecule has 2 aromatic rings. The number of ether oxygens (including phenoxy) is 1. The van der Waals surface area contributed by atoms with Gasteiger partial charge in [-0.1, -0.05) is 6.92 Å². The second kappa shape index (κ2) is 8.08. The van der Waals surface area contributed by atoms with Gasteiger partial charge in [0.1, 0.15) is 24.1 Å². The molecule has 0 radical (unpaired) electrons. The largest absolute Gasteiger partial charge is 0.471 e. The first kappa shape index (κ1) is 23.0. The number of nitrogens with zero attached hydrogens (tertiary/aromatic N) is 5. The summed E-state index contributed by atoms with van der Waals surface area (Å²) >= 11 is -0.344. The first-order chi connectivity index (χ1) is 14.3. The maximum Gasteiger partial charge on any atom is 0.449 e. The number of aliphatic imine (C=N–C) groups is 1. The number of nitrogens with one attached hydrogen (secondary N) is 1. The number of halogens is 3. The fourth-order valence-electron chi connectivity index (χ4n) is 2.70. The Balaban J connectivity index is 2.03. The van der Waals surface area contributed by atoms with Gasteiger partial charge in [0.15, 0.2) is 16.3 Å². The van der Waals surface area contributed by atoms with Crippen LogP contribution in [0.2, 0.25) is 0 Å². The van der Waals surface area contributed by atoms with Crippen molar-refractivity contribution in [3.8, 4) is 11.8 Å². The second-order valence-corrected chi connectivity index (χ2v) is 10.5. The Morgan fingerprint density at radius 2 is 2.06 bits per heavy atom. The van der Waals surface area contributed by atoms with Crippen LogP contribution >= 0.6 is 11.8 Å². The molecule has 0 amide bonds. The molecule has 1 aliphatic rings. The minimum atomic E-state index is -4.48. The molecule has 0 spiro atoms. The zero-order valence-corrected chi connectivity index (χ0v) is 18.4. The van der Waals surface area contributed by atoms with E-state index in [1.54, 1.807) is 20.8 Å². The lowest BCUT2D eigenvalue weighted by molar-refractivity contribution is -0.667.